The molecule has 0 aromatic heterocycles. The van der Waals surface area contributed by atoms with Gasteiger partial charge in [0.05, 0.1) is 6.54 Å². The Morgan fingerprint density at radius 3 is 2.44 bits per heavy atom. The number of guanidine groups is 1. The van der Waals surface area contributed by atoms with Crippen LogP contribution in [0.15, 0.2) is 34.2 Å². The summed E-state index contributed by atoms with van der Waals surface area (Å²) in [6, 6.07) is 6.49. The molecule has 3 nitrogen and oxygen atoms in total. The molecule has 0 spiro atoms. The Morgan fingerprint density at radius 1 is 1.28 bits per heavy atom. The summed E-state index contributed by atoms with van der Waals surface area (Å²) in [7, 11) is 0. The van der Waals surface area contributed by atoms with Crippen LogP contribution in [0.4, 0.5) is 4.39 Å². The van der Waals surface area contributed by atoms with Crippen molar-refractivity contribution in [1.29, 1.82) is 0 Å². The summed E-state index contributed by atoms with van der Waals surface area (Å²) in [5.41, 5.74) is 5.86. The molecule has 1 aromatic rings. The van der Waals surface area contributed by atoms with E-state index in [0.717, 1.165) is 23.7 Å². The molecule has 0 aliphatic carbocycles. The summed E-state index contributed by atoms with van der Waals surface area (Å²) < 4.78 is 12.7. The standard InChI is InChI=1S/C13H20FN3S/c1-3-17(4-2)13(15)16-9-10-18-12-7-5-11(14)6-8-12/h5-8H,3-4,9-10H2,1-2H3,(H2,15,16). The zero-order valence-electron chi connectivity index (χ0n) is 10.9. The molecule has 0 fully saturated rings. The minimum Gasteiger partial charge on any atom is -0.370 e. The minimum absolute atomic E-state index is 0.205. The van der Waals surface area contributed by atoms with Crippen molar-refractivity contribution in [3.05, 3.63) is 30.1 Å². The van der Waals surface area contributed by atoms with E-state index in [1.54, 1.807) is 23.9 Å². The third-order valence-electron chi connectivity index (χ3n) is 2.53. The summed E-state index contributed by atoms with van der Waals surface area (Å²) in [4.78, 5) is 7.39. The van der Waals surface area contributed by atoms with E-state index >= 15 is 0 Å². The molecule has 18 heavy (non-hydrogen) atoms. The van der Waals surface area contributed by atoms with Crippen molar-refractivity contribution in [3.63, 3.8) is 0 Å². The van der Waals surface area contributed by atoms with E-state index in [0.29, 0.717) is 12.5 Å². The molecule has 0 bridgehead atoms. The summed E-state index contributed by atoms with van der Waals surface area (Å²) in [5, 5.41) is 0. The highest BCUT2D eigenvalue weighted by Gasteiger charge is 2.01. The van der Waals surface area contributed by atoms with Gasteiger partial charge in [-0.2, -0.15) is 0 Å². The number of halogens is 1. The number of aliphatic imine (C=N–C) groups is 1. The van der Waals surface area contributed by atoms with Crippen LogP contribution in [0.1, 0.15) is 13.8 Å². The fourth-order valence-corrected chi connectivity index (χ4v) is 2.25. The number of hydrogen-bond acceptors (Lipinski definition) is 2. The number of nitrogens with two attached hydrogens (primary N) is 1. The van der Waals surface area contributed by atoms with Gasteiger partial charge in [0.1, 0.15) is 5.82 Å². The van der Waals surface area contributed by atoms with Gasteiger partial charge in [-0.25, -0.2) is 4.39 Å². The maximum absolute atomic E-state index is 12.7. The first-order chi connectivity index (χ1) is 8.67. The first kappa shape index (κ1) is 14.8. The number of thioether (sulfide) groups is 1. The highest BCUT2D eigenvalue weighted by molar-refractivity contribution is 7.99. The highest BCUT2D eigenvalue weighted by atomic mass is 32.2. The Kier molecular flexibility index (Phi) is 6.57. The maximum atomic E-state index is 12.7. The number of benzene rings is 1. The van der Waals surface area contributed by atoms with Crippen molar-refractivity contribution in [2.45, 2.75) is 18.7 Å². The molecule has 0 saturated carbocycles. The van der Waals surface area contributed by atoms with Gasteiger partial charge < -0.3 is 10.6 Å². The van der Waals surface area contributed by atoms with Gasteiger partial charge in [-0.15, -0.1) is 11.8 Å². The fourth-order valence-electron chi connectivity index (χ4n) is 1.50. The van der Waals surface area contributed by atoms with Gasteiger partial charge in [0.15, 0.2) is 5.96 Å². The zero-order valence-corrected chi connectivity index (χ0v) is 11.7. The Bertz CT molecular complexity index is 374. The summed E-state index contributed by atoms with van der Waals surface area (Å²) in [5.74, 6) is 1.23. The Balaban J connectivity index is 2.33. The largest absolute Gasteiger partial charge is 0.370 e. The van der Waals surface area contributed by atoms with Gasteiger partial charge in [0.2, 0.25) is 0 Å². The summed E-state index contributed by atoms with van der Waals surface area (Å²) >= 11 is 1.65. The number of rotatable bonds is 6. The van der Waals surface area contributed by atoms with Crippen LogP contribution in [0.3, 0.4) is 0 Å². The SMILES string of the molecule is CCN(CC)C(N)=NCCSc1ccc(F)cc1. The lowest BCUT2D eigenvalue weighted by Gasteiger charge is -2.19. The predicted molar refractivity (Wildman–Crippen MR) is 76.5 cm³/mol. The van der Waals surface area contributed by atoms with Gasteiger partial charge in [-0.3, -0.25) is 4.99 Å². The lowest BCUT2D eigenvalue weighted by atomic mass is 10.4. The van der Waals surface area contributed by atoms with Crippen LogP contribution in [-0.2, 0) is 0 Å². The van der Waals surface area contributed by atoms with Gasteiger partial charge >= 0.3 is 0 Å². The molecule has 0 amide bonds. The van der Waals surface area contributed by atoms with Gasteiger partial charge in [-0.1, -0.05) is 0 Å². The quantitative estimate of drug-likeness (QED) is 0.373. The Hall–Kier alpha value is -1.23. The van der Waals surface area contributed by atoms with Crippen LogP contribution < -0.4 is 5.73 Å². The molecule has 0 unspecified atom stereocenters. The van der Waals surface area contributed by atoms with E-state index in [1.807, 2.05) is 4.90 Å². The van der Waals surface area contributed by atoms with Gasteiger partial charge in [-0.05, 0) is 38.1 Å². The molecule has 1 rings (SSSR count). The molecule has 0 aliphatic heterocycles. The van der Waals surface area contributed by atoms with E-state index in [9.17, 15) is 4.39 Å². The predicted octanol–water partition coefficient (Wildman–Crippen LogP) is 2.57. The van der Waals surface area contributed by atoms with E-state index < -0.39 is 0 Å². The Labute approximate surface area is 112 Å². The van der Waals surface area contributed by atoms with E-state index in [4.69, 9.17) is 5.73 Å². The Morgan fingerprint density at radius 2 is 1.89 bits per heavy atom. The maximum Gasteiger partial charge on any atom is 0.191 e. The molecule has 0 radical (unpaired) electrons. The molecule has 0 heterocycles. The monoisotopic (exact) mass is 269 g/mol. The third kappa shape index (κ3) is 4.96. The van der Waals surface area contributed by atoms with Crippen LogP contribution in [-0.4, -0.2) is 36.2 Å². The lowest BCUT2D eigenvalue weighted by molar-refractivity contribution is 0.458. The molecule has 5 heteroatoms. The fraction of sp³-hybridized carbons (Fsp3) is 0.462. The topological polar surface area (TPSA) is 41.6 Å². The van der Waals surface area contributed by atoms with Crippen molar-refractivity contribution in [3.8, 4) is 0 Å². The number of hydrogen-bond donors (Lipinski definition) is 1. The summed E-state index contributed by atoms with van der Waals surface area (Å²) in [6.45, 7) is 6.52. The van der Waals surface area contributed by atoms with E-state index in [2.05, 4.69) is 18.8 Å². The smallest absolute Gasteiger partial charge is 0.191 e. The first-order valence-electron chi connectivity index (χ1n) is 6.10. The second-order valence-corrected chi connectivity index (χ2v) is 4.88. The van der Waals surface area contributed by atoms with E-state index in [-0.39, 0.29) is 5.82 Å². The van der Waals surface area contributed by atoms with Crippen molar-refractivity contribution >= 4 is 17.7 Å². The number of nitrogens with zero attached hydrogens (tertiary/aromatic N) is 2. The van der Waals surface area contributed by atoms with Crippen molar-refractivity contribution < 1.29 is 4.39 Å². The molecule has 2 N–H and O–H groups in total. The van der Waals surface area contributed by atoms with Crippen molar-refractivity contribution in [2.24, 2.45) is 10.7 Å². The summed E-state index contributed by atoms with van der Waals surface area (Å²) in [6.07, 6.45) is 0. The second kappa shape index (κ2) is 7.97. The van der Waals surface area contributed by atoms with Crippen LogP contribution in [0.25, 0.3) is 0 Å². The molecule has 0 saturated heterocycles. The van der Waals surface area contributed by atoms with Crippen LogP contribution >= 0.6 is 11.8 Å². The highest BCUT2D eigenvalue weighted by Crippen LogP contribution is 2.17. The lowest BCUT2D eigenvalue weighted by Crippen LogP contribution is -2.37. The first-order valence-corrected chi connectivity index (χ1v) is 7.09. The van der Waals surface area contributed by atoms with Crippen LogP contribution in [0.5, 0.6) is 0 Å². The zero-order chi connectivity index (χ0) is 13.4. The molecule has 0 aliphatic rings. The average molecular weight is 269 g/mol. The van der Waals surface area contributed by atoms with Crippen LogP contribution in [0.2, 0.25) is 0 Å². The van der Waals surface area contributed by atoms with Crippen molar-refractivity contribution in [2.75, 3.05) is 25.4 Å². The van der Waals surface area contributed by atoms with Crippen molar-refractivity contribution in [1.82, 2.24) is 4.90 Å². The van der Waals surface area contributed by atoms with Gasteiger partial charge in [0.25, 0.3) is 0 Å². The average Bonchev–Trinajstić information content (AvgIpc) is 2.38. The third-order valence-corrected chi connectivity index (χ3v) is 3.53. The molecular formula is C13H20FN3S. The molecular weight excluding hydrogens is 249 g/mol. The van der Waals surface area contributed by atoms with E-state index in [1.165, 1.54) is 12.1 Å². The van der Waals surface area contributed by atoms with Crippen LogP contribution in [0, 0.1) is 5.82 Å². The normalized spacial score (nSPS) is 11.6. The molecule has 1 aromatic carbocycles. The molecule has 0 atom stereocenters. The molecule has 100 valence electrons. The minimum atomic E-state index is -0.205. The van der Waals surface area contributed by atoms with Gasteiger partial charge in [0, 0.05) is 23.7 Å². The second-order valence-electron chi connectivity index (χ2n) is 3.71.